The highest BCUT2D eigenvalue weighted by Crippen LogP contribution is 2.59. The Bertz CT molecular complexity index is 2590. The second-order valence-electron chi connectivity index (χ2n) is 13.7. The lowest BCUT2D eigenvalue weighted by Crippen LogP contribution is -2.28. The lowest BCUT2D eigenvalue weighted by molar-refractivity contribution is 0.775. The van der Waals surface area contributed by atoms with E-state index in [-0.39, 0.29) is 0 Å². The average Bonchev–Trinajstić information content (AvgIpc) is 3.73. The number of aromatic nitrogens is 1. The predicted molar refractivity (Wildman–Crippen MR) is 217 cm³/mol. The summed E-state index contributed by atoms with van der Waals surface area (Å²) in [4.78, 5) is 0. The second-order valence-corrected chi connectivity index (χ2v) is 13.7. The molecule has 0 atom stereocenters. The zero-order valence-electron chi connectivity index (χ0n) is 28.7. The van der Waals surface area contributed by atoms with Crippen molar-refractivity contribution in [1.82, 2.24) is 4.57 Å². The maximum Gasteiger partial charge on any atom is 0.0735 e. The van der Waals surface area contributed by atoms with E-state index in [1.807, 2.05) is 0 Å². The molecule has 0 radical (unpaired) electrons. The number of nitrogens with zero attached hydrogens (tertiary/aromatic N) is 1. The van der Waals surface area contributed by atoms with Gasteiger partial charge in [0.2, 0.25) is 0 Å². The van der Waals surface area contributed by atoms with Crippen LogP contribution in [0.2, 0.25) is 0 Å². The highest BCUT2D eigenvalue weighted by molar-refractivity contribution is 6.02. The first-order valence-corrected chi connectivity index (χ1v) is 18.0. The van der Waals surface area contributed by atoms with E-state index >= 15 is 0 Å². The van der Waals surface area contributed by atoms with Gasteiger partial charge in [-0.1, -0.05) is 176 Å². The summed E-state index contributed by atoms with van der Waals surface area (Å²) in [6, 6.07) is 77.6. The topological polar surface area (TPSA) is 4.93 Å². The summed E-state index contributed by atoms with van der Waals surface area (Å²) in [5.41, 5.74) is 16.9. The summed E-state index contributed by atoms with van der Waals surface area (Å²) in [6.07, 6.45) is 0. The van der Waals surface area contributed by atoms with Crippen molar-refractivity contribution in [3.05, 3.63) is 235 Å². The van der Waals surface area contributed by atoms with E-state index in [2.05, 4.69) is 217 Å². The second kappa shape index (κ2) is 12.3. The van der Waals surface area contributed by atoms with Crippen LogP contribution in [0, 0.1) is 0 Å². The van der Waals surface area contributed by atoms with Crippen LogP contribution >= 0.6 is 0 Å². The number of benzene rings is 8. The fraction of sp³-hybridized carbons (Fsp3) is 0.0196. The van der Waals surface area contributed by atoms with Crippen LogP contribution < -0.4 is 0 Å². The molecule has 1 aliphatic carbocycles. The standard InChI is InChI=1S/C51H35N/c1-5-17-36(18-6-1)39-33-40(37-19-7-2-8-20-37)35-41(34-39)38-29-31-44(32-30-38)52-48-28-16-14-26-46(48)49-50(52)45-25-13-15-27-47(45)51(49,42-21-9-3-10-22-42)43-23-11-4-12-24-43/h1-35H. The van der Waals surface area contributed by atoms with Crippen molar-refractivity contribution in [3.63, 3.8) is 0 Å². The van der Waals surface area contributed by atoms with Gasteiger partial charge in [0.15, 0.2) is 0 Å². The van der Waals surface area contributed by atoms with Crippen molar-refractivity contribution >= 4 is 10.9 Å². The number of hydrogen-bond acceptors (Lipinski definition) is 0. The molecule has 0 bridgehead atoms. The molecule has 1 heterocycles. The Morgan fingerprint density at radius 2 is 0.788 bits per heavy atom. The average molecular weight is 662 g/mol. The molecule has 1 heteroatoms. The van der Waals surface area contributed by atoms with Gasteiger partial charge in [0.05, 0.1) is 16.6 Å². The van der Waals surface area contributed by atoms with Gasteiger partial charge in [-0.2, -0.15) is 0 Å². The molecule has 0 saturated heterocycles. The quantitative estimate of drug-likeness (QED) is 0.167. The molecule has 1 nitrogen and oxygen atoms in total. The van der Waals surface area contributed by atoms with Gasteiger partial charge in [-0.05, 0) is 86.5 Å². The largest absolute Gasteiger partial charge is 0.309 e. The van der Waals surface area contributed by atoms with Gasteiger partial charge in [0.1, 0.15) is 0 Å². The summed E-state index contributed by atoms with van der Waals surface area (Å²) in [5, 5.41) is 1.27. The van der Waals surface area contributed by atoms with Crippen LogP contribution in [-0.4, -0.2) is 4.57 Å². The molecule has 9 aromatic rings. The van der Waals surface area contributed by atoms with E-state index in [1.165, 1.54) is 77.8 Å². The molecule has 244 valence electrons. The lowest BCUT2D eigenvalue weighted by atomic mass is 9.67. The Morgan fingerprint density at radius 1 is 0.346 bits per heavy atom. The van der Waals surface area contributed by atoms with Crippen LogP contribution in [0.15, 0.2) is 212 Å². The fourth-order valence-electron chi connectivity index (χ4n) is 8.63. The molecule has 10 rings (SSSR count). The Labute approximate surface area is 304 Å². The van der Waals surface area contributed by atoms with E-state index < -0.39 is 5.41 Å². The molecule has 1 aromatic heterocycles. The van der Waals surface area contributed by atoms with Gasteiger partial charge in [-0.3, -0.25) is 0 Å². The van der Waals surface area contributed by atoms with Crippen LogP contribution in [0.4, 0.5) is 0 Å². The summed E-state index contributed by atoms with van der Waals surface area (Å²) < 4.78 is 2.50. The van der Waals surface area contributed by atoms with Crippen molar-refractivity contribution in [2.45, 2.75) is 5.41 Å². The molecule has 1 aliphatic rings. The summed E-state index contributed by atoms with van der Waals surface area (Å²) in [7, 11) is 0. The van der Waals surface area contributed by atoms with Crippen molar-refractivity contribution in [3.8, 4) is 50.3 Å². The van der Waals surface area contributed by atoms with Crippen molar-refractivity contribution < 1.29 is 0 Å². The maximum atomic E-state index is 2.50. The van der Waals surface area contributed by atoms with Crippen LogP contribution in [0.5, 0.6) is 0 Å². The van der Waals surface area contributed by atoms with Crippen LogP contribution in [-0.2, 0) is 5.41 Å². The van der Waals surface area contributed by atoms with Crippen LogP contribution in [0.3, 0.4) is 0 Å². The Morgan fingerprint density at radius 3 is 1.35 bits per heavy atom. The van der Waals surface area contributed by atoms with Gasteiger partial charge in [-0.15, -0.1) is 0 Å². The lowest BCUT2D eigenvalue weighted by Gasteiger charge is -2.33. The maximum absolute atomic E-state index is 2.50. The molecule has 0 amide bonds. The fourth-order valence-corrected chi connectivity index (χ4v) is 8.63. The third kappa shape index (κ3) is 4.63. The van der Waals surface area contributed by atoms with Crippen molar-refractivity contribution in [2.75, 3.05) is 0 Å². The third-order valence-corrected chi connectivity index (χ3v) is 10.9. The van der Waals surface area contributed by atoms with E-state index in [4.69, 9.17) is 0 Å². The van der Waals surface area contributed by atoms with Gasteiger partial charge in [-0.25, -0.2) is 0 Å². The highest BCUT2D eigenvalue weighted by Gasteiger charge is 2.49. The highest BCUT2D eigenvalue weighted by atomic mass is 15.0. The SMILES string of the molecule is c1ccc(-c2cc(-c3ccccc3)cc(-c3ccc(-n4c5c(c6ccccc64)C(c4ccccc4)(c4ccccc4)c4ccccc4-5)cc3)c2)cc1. The third-order valence-electron chi connectivity index (χ3n) is 10.9. The molecule has 0 saturated carbocycles. The summed E-state index contributed by atoms with van der Waals surface area (Å²) >= 11 is 0. The minimum atomic E-state index is -0.467. The van der Waals surface area contributed by atoms with E-state index in [0.29, 0.717) is 0 Å². The number of rotatable bonds is 6. The normalized spacial score (nSPS) is 12.8. The molecule has 0 aliphatic heterocycles. The number of hydrogen-bond donors (Lipinski definition) is 0. The van der Waals surface area contributed by atoms with Gasteiger partial charge >= 0.3 is 0 Å². The molecule has 8 aromatic carbocycles. The minimum Gasteiger partial charge on any atom is -0.309 e. The molecule has 0 spiro atoms. The minimum absolute atomic E-state index is 0.467. The van der Waals surface area contributed by atoms with Crippen LogP contribution in [0.1, 0.15) is 22.3 Å². The predicted octanol–water partition coefficient (Wildman–Crippen LogP) is 13.0. The summed E-state index contributed by atoms with van der Waals surface area (Å²) in [6.45, 7) is 0. The molecule has 0 N–H and O–H groups in total. The molecular formula is C51H35N. The number of para-hydroxylation sites is 1. The van der Waals surface area contributed by atoms with Crippen LogP contribution in [0.25, 0.3) is 61.2 Å². The van der Waals surface area contributed by atoms with Gasteiger partial charge in [0.25, 0.3) is 0 Å². The molecule has 0 unspecified atom stereocenters. The Kier molecular flexibility index (Phi) is 7.11. The zero-order chi connectivity index (χ0) is 34.5. The monoisotopic (exact) mass is 661 g/mol. The van der Waals surface area contributed by atoms with E-state index in [0.717, 1.165) is 5.69 Å². The van der Waals surface area contributed by atoms with Gasteiger partial charge < -0.3 is 4.57 Å². The Hall–Kier alpha value is -6.70. The number of fused-ring (bicyclic) bond motifs is 5. The molecule has 52 heavy (non-hydrogen) atoms. The van der Waals surface area contributed by atoms with E-state index in [1.54, 1.807) is 0 Å². The Balaban J connectivity index is 1.19. The first-order valence-electron chi connectivity index (χ1n) is 18.0. The smallest absolute Gasteiger partial charge is 0.0735 e. The van der Waals surface area contributed by atoms with Crippen molar-refractivity contribution in [2.24, 2.45) is 0 Å². The van der Waals surface area contributed by atoms with Crippen molar-refractivity contribution in [1.29, 1.82) is 0 Å². The van der Waals surface area contributed by atoms with E-state index in [9.17, 15) is 0 Å². The first kappa shape index (κ1) is 30.2. The zero-order valence-corrected chi connectivity index (χ0v) is 28.7. The molecular weight excluding hydrogens is 627 g/mol. The van der Waals surface area contributed by atoms with Gasteiger partial charge in [0, 0.05) is 22.2 Å². The summed E-state index contributed by atoms with van der Waals surface area (Å²) in [5.74, 6) is 0. The molecule has 0 fully saturated rings. The first-order chi connectivity index (χ1) is 25.8.